The monoisotopic (exact) mass is 355 g/mol. The third-order valence-corrected chi connectivity index (χ3v) is 4.24. The smallest absolute Gasteiger partial charge is 0.342 e. The van der Waals surface area contributed by atoms with E-state index in [1.165, 1.54) is 0 Å². The fraction of sp³-hybridized carbons (Fsp3) is 0.167. The van der Waals surface area contributed by atoms with Gasteiger partial charge in [-0.05, 0) is 36.9 Å². The number of carboxylic acid groups (broad SMARTS) is 2. The van der Waals surface area contributed by atoms with Crippen LogP contribution in [0.1, 0.15) is 40.6 Å². The maximum Gasteiger partial charge on any atom is 0.342 e. The molecule has 26 heavy (non-hydrogen) atoms. The summed E-state index contributed by atoms with van der Waals surface area (Å²) in [5.74, 6) is -3.33. The van der Waals surface area contributed by atoms with Gasteiger partial charge in [0.15, 0.2) is 0 Å². The van der Waals surface area contributed by atoms with E-state index in [0.717, 1.165) is 10.9 Å². The first-order valence-electron chi connectivity index (χ1n) is 7.85. The van der Waals surface area contributed by atoms with Gasteiger partial charge < -0.3 is 25.5 Å². The van der Waals surface area contributed by atoms with Crippen LogP contribution < -0.4 is 11.3 Å². The Morgan fingerprint density at radius 3 is 2.35 bits per heavy atom. The van der Waals surface area contributed by atoms with Crippen molar-refractivity contribution in [3.05, 3.63) is 51.9 Å². The summed E-state index contributed by atoms with van der Waals surface area (Å²) >= 11 is 0. The molecule has 0 aliphatic heterocycles. The molecule has 5 N–H and O–H groups in total. The van der Waals surface area contributed by atoms with Gasteiger partial charge in [-0.2, -0.15) is 0 Å². The number of nitrogens with zero attached hydrogens (tertiary/aromatic N) is 1. The first kappa shape index (κ1) is 17.3. The minimum atomic E-state index is -1.52. The first-order valence-corrected chi connectivity index (χ1v) is 7.85. The van der Waals surface area contributed by atoms with E-state index < -0.39 is 28.6 Å². The molecule has 0 radical (unpaired) electrons. The molecule has 8 heteroatoms. The van der Waals surface area contributed by atoms with Gasteiger partial charge >= 0.3 is 11.9 Å². The number of hydrogen-bond acceptors (Lipinski definition) is 4. The molecule has 0 aliphatic carbocycles. The first-order chi connectivity index (χ1) is 12.2. The lowest BCUT2D eigenvalue weighted by Crippen LogP contribution is -2.24. The molecule has 0 aliphatic rings. The van der Waals surface area contributed by atoms with E-state index in [0.29, 0.717) is 5.56 Å². The molecule has 2 aromatic heterocycles. The Labute approximate surface area is 147 Å². The van der Waals surface area contributed by atoms with Gasteiger partial charge in [-0.3, -0.25) is 4.79 Å². The zero-order valence-electron chi connectivity index (χ0n) is 14.1. The van der Waals surface area contributed by atoms with E-state index >= 15 is 0 Å². The Hall–Kier alpha value is -3.55. The number of carbonyl (C=O) groups is 2. The number of anilines is 1. The van der Waals surface area contributed by atoms with Gasteiger partial charge in [0.25, 0.3) is 5.56 Å². The third-order valence-electron chi connectivity index (χ3n) is 4.24. The highest BCUT2D eigenvalue weighted by atomic mass is 16.4. The van der Waals surface area contributed by atoms with Gasteiger partial charge in [0.1, 0.15) is 16.9 Å². The standard InChI is InChI=1S/C18H17N3O5/c1-8(2)21-6-5-9-3-4-10(7-11(9)21)12-13(17(23)24)15(19)20-16(22)14(12)18(25)26/h3-8H,1-2H3,(H,23,24)(H,25,26)(H3,19,20,22). The molecule has 2 heterocycles. The number of carboxylic acids is 2. The number of benzene rings is 1. The van der Waals surface area contributed by atoms with Crippen molar-refractivity contribution in [1.29, 1.82) is 0 Å². The van der Waals surface area contributed by atoms with Gasteiger partial charge in [0.05, 0.1) is 0 Å². The second kappa shape index (κ2) is 6.07. The second-order valence-corrected chi connectivity index (χ2v) is 6.19. The molecule has 3 rings (SSSR count). The van der Waals surface area contributed by atoms with Crippen LogP contribution in [0.5, 0.6) is 0 Å². The zero-order valence-corrected chi connectivity index (χ0v) is 14.1. The van der Waals surface area contributed by atoms with Gasteiger partial charge in [-0.15, -0.1) is 0 Å². The van der Waals surface area contributed by atoms with Crippen molar-refractivity contribution in [3.8, 4) is 11.1 Å². The number of hydrogen-bond donors (Lipinski definition) is 4. The number of nitrogens with two attached hydrogens (primary N) is 1. The number of nitrogens with one attached hydrogen (secondary N) is 1. The predicted octanol–water partition coefficient (Wildman–Crippen LogP) is 2.56. The minimum absolute atomic E-state index is 0.143. The molecule has 134 valence electrons. The van der Waals surface area contributed by atoms with Crippen LogP contribution in [0, 0.1) is 0 Å². The average Bonchev–Trinajstić information content (AvgIpc) is 2.96. The predicted molar refractivity (Wildman–Crippen MR) is 96.7 cm³/mol. The number of aromatic carboxylic acids is 2. The van der Waals surface area contributed by atoms with Crippen LogP contribution in [-0.4, -0.2) is 31.7 Å². The molecule has 0 bridgehead atoms. The summed E-state index contributed by atoms with van der Waals surface area (Å²) in [6.45, 7) is 3.98. The summed E-state index contributed by atoms with van der Waals surface area (Å²) in [5, 5.41) is 19.9. The Bertz CT molecular complexity index is 1110. The number of H-pyrrole nitrogens is 1. The van der Waals surface area contributed by atoms with Gasteiger partial charge in [0, 0.05) is 23.3 Å². The Morgan fingerprint density at radius 2 is 1.77 bits per heavy atom. The highest BCUT2D eigenvalue weighted by Gasteiger charge is 2.26. The molecule has 0 saturated carbocycles. The summed E-state index contributed by atoms with van der Waals surface area (Å²) in [4.78, 5) is 37.5. The number of nitrogen functional groups attached to an aromatic ring is 1. The van der Waals surface area contributed by atoms with Gasteiger partial charge in [-0.25, -0.2) is 9.59 Å². The second-order valence-electron chi connectivity index (χ2n) is 6.19. The van der Waals surface area contributed by atoms with Crippen molar-refractivity contribution in [3.63, 3.8) is 0 Å². The van der Waals surface area contributed by atoms with Crippen molar-refractivity contribution < 1.29 is 19.8 Å². The number of aromatic amines is 1. The molecular weight excluding hydrogens is 338 g/mol. The Kier molecular flexibility index (Phi) is 4.03. The lowest BCUT2D eigenvalue weighted by Gasteiger charge is -2.14. The minimum Gasteiger partial charge on any atom is -0.478 e. The largest absolute Gasteiger partial charge is 0.478 e. The normalized spacial score (nSPS) is 11.2. The van der Waals surface area contributed by atoms with Crippen LogP contribution in [0.4, 0.5) is 5.82 Å². The van der Waals surface area contributed by atoms with Crippen molar-refractivity contribution in [2.45, 2.75) is 19.9 Å². The topological polar surface area (TPSA) is 138 Å². The Balaban J connectivity index is 2.44. The number of aromatic nitrogens is 2. The van der Waals surface area contributed by atoms with Gasteiger partial charge in [0.2, 0.25) is 0 Å². The summed E-state index contributed by atoms with van der Waals surface area (Å²) in [7, 11) is 0. The lowest BCUT2D eigenvalue weighted by atomic mass is 9.95. The fourth-order valence-corrected chi connectivity index (χ4v) is 3.09. The maximum absolute atomic E-state index is 12.1. The van der Waals surface area contributed by atoms with Crippen LogP contribution in [0.15, 0.2) is 35.3 Å². The van der Waals surface area contributed by atoms with E-state index in [4.69, 9.17) is 5.73 Å². The van der Waals surface area contributed by atoms with E-state index in [9.17, 15) is 24.6 Å². The maximum atomic E-state index is 12.1. The van der Waals surface area contributed by atoms with Crippen LogP contribution in [-0.2, 0) is 0 Å². The molecule has 1 aromatic carbocycles. The molecule has 8 nitrogen and oxygen atoms in total. The van der Waals surface area contributed by atoms with Crippen LogP contribution in [0.2, 0.25) is 0 Å². The zero-order chi connectivity index (χ0) is 19.2. The van der Waals surface area contributed by atoms with E-state index in [1.54, 1.807) is 18.2 Å². The quantitative estimate of drug-likeness (QED) is 0.567. The molecular formula is C18H17N3O5. The molecule has 0 fully saturated rings. The average molecular weight is 355 g/mol. The summed E-state index contributed by atoms with van der Waals surface area (Å²) in [6.07, 6.45) is 1.89. The highest BCUT2D eigenvalue weighted by molar-refractivity contribution is 6.08. The number of pyridine rings is 1. The van der Waals surface area contributed by atoms with E-state index in [2.05, 4.69) is 4.98 Å². The van der Waals surface area contributed by atoms with Crippen molar-refractivity contribution >= 4 is 28.7 Å². The van der Waals surface area contributed by atoms with E-state index in [1.807, 2.05) is 30.7 Å². The summed E-state index contributed by atoms with van der Waals surface area (Å²) in [6, 6.07) is 7.05. The molecule has 0 unspecified atom stereocenters. The molecule has 0 saturated heterocycles. The van der Waals surface area contributed by atoms with Crippen molar-refractivity contribution in [2.75, 3.05) is 5.73 Å². The van der Waals surface area contributed by atoms with Crippen molar-refractivity contribution in [2.24, 2.45) is 0 Å². The molecule has 3 aromatic rings. The lowest BCUT2D eigenvalue weighted by molar-refractivity contribution is 0.0695. The van der Waals surface area contributed by atoms with Crippen LogP contribution in [0.3, 0.4) is 0 Å². The van der Waals surface area contributed by atoms with Crippen LogP contribution >= 0.6 is 0 Å². The fourth-order valence-electron chi connectivity index (χ4n) is 3.09. The number of rotatable bonds is 4. The molecule has 0 atom stereocenters. The van der Waals surface area contributed by atoms with Crippen molar-refractivity contribution in [1.82, 2.24) is 9.55 Å². The third kappa shape index (κ3) is 2.61. The highest BCUT2D eigenvalue weighted by Crippen LogP contribution is 2.32. The summed E-state index contributed by atoms with van der Waals surface area (Å²) < 4.78 is 1.97. The van der Waals surface area contributed by atoms with E-state index in [-0.39, 0.29) is 17.4 Å². The van der Waals surface area contributed by atoms with Gasteiger partial charge in [-0.1, -0.05) is 12.1 Å². The van der Waals surface area contributed by atoms with Crippen LogP contribution in [0.25, 0.3) is 22.0 Å². The molecule has 0 spiro atoms. The SMILES string of the molecule is CC(C)n1ccc2ccc(-c3c(C(=O)O)c(N)[nH]c(=O)c3C(=O)O)cc21. The summed E-state index contributed by atoms with van der Waals surface area (Å²) in [5.41, 5.74) is 4.51. The Morgan fingerprint density at radius 1 is 1.12 bits per heavy atom. The number of fused-ring (bicyclic) bond motifs is 1. The molecule has 0 amide bonds.